The predicted octanol–water partition coefficient (Wildman–Crippen LogP) is -0.999. The zero-order valence-electron chi connectivity index (χ0n) is 23.1. The van der Waals surface area contributed by atoms with Crippen LogP contribution in [-0.2, 0) is 30.4 Å². The standard InChI is InChI=1S/C27H38N8O7/c28-17(13-15-14-32-18-6-2-1-5-16(15)18)23(38)33-19(7-3-11-31-27(29)30)25(40)35-12-4-8-21(35)24(39)34-20(26(41)42)9-10-22(36)37/h1-2,5-6,14,17,19-21,32H,3-4,7-13,28H2,(H,33,38)(H,34,39)(H,36,37)(H,41,42)(H4,29,30,31). The Kier molecular flexibility index (Phi) is 11.2. The van der Waals surface area contributed by atoms with Crippen LogP contribution in [0.2, 0.25) is 0 Å². The third-order valence-corrected chi connectivity index (χ3v) is 7.11. The molecule has 0 aliphatic carbocycles. The minimum absolute atomic E-state index is 0.116. The highest BCUT2D eigenvalue weighted by molar-refractivity contribution is 5.95. The largest absolute Gasteiger partial charge is 0.481 e. The number of amides is 3. The van der Waals surface area contributed by atoms with Crippen molar-refractivity contribution in [2.75, 3.05) is 13.1 Å². The van der Waals surface area contributed by atoms with Crippen molar-refractivity contribution in [2.24, 2.45) is 22.2 Å². The van der Waals surface area contributed by atoms with E-state index in [0.717, 1.165) is 16.5 Å². The van der Waals surface area contributed by atoms with Gasteiger partial charge < -0.3 is 47.9 Å². The van der Waals surface area contributed by atoms with Crippen molar-refractivity contribution in [3.05, 3.63) is 36.0 Å². The Morgan fingerprint density at radius 2 is 1.81 bits per heavy atom. The molecule has 1 aliphatic rings. The molecule has 3 rings (SSSR count). The molecule has 2 aromatic rings. The van der Waals surface area contributed by atoms with E-state index < -0.39 is 60.2 Å². The minimum atomic E-state index is -1.43. The number of carbonyl (C=O) groups excluding carboxylic acids is 3. The first-order valence-electron chi connectivity index (χ1n) is 13.7. The Labute approximate surface area is 241 Å². The summed E-state index contributed by atoms with van der Waals surface area (Å²) in [6.45, 7) is 0.419. The molecule has 228 valence electrons. The van der Waals surface area contributed by atoms with E-state index in [2.05, 4.69) is 20.6 Å². The summed E-state index contributed by atoms with van der Waals surface area (Å²) in [4.78, 5) is 70.7. The highest BCUT2D eigenvalue weighted by atomic mass is 16.4. The summed E-state index contributed by atoms with van der Waals surface area (Å²) in [6.07, 6.45) is 2.48. The molecule has 0 spiro atoms. The van der Waals surface area contributed by atoms with Gasteiger partial charge in [-0.2, -0.15) is 0 Å². The van der Waals surface area contributed by atoms with Gasteiger partial charge in [-0.25, -0.2) is 4.79 Å². The number of fused-ring (bicyclic) bond motifs is 1. The molecule has 1 saturated heterocycles. The number of aromatic amines is 1. The Morgan fingerprint density at radius 1 is 1.07 bits per heavy atom. The minimum Gasteiger partial charge on any atom is -0.481 e. The molecule has 11 N–H and O–H groups in total. The monoisotopic (exact) mass is 586 g/mol. The molecular formula is C27H38N8O7. The van der Waals surface area contributed by atoms with Crippen molar-refractivity contribution in [2.45, 2.75) is 69.1 Å². The summed E-state index contributed by atoms with van der Waals surface area (Å²) < 4.78 is 0. The summed E-state index contributed by atoms with van der Waals surface area (Å²) in [6, 6.07) is 3.16. The fraction of sp³-hybridized carbons (Fsp3) is 0.481. The van der Waals surface area contributed by atoms with Gasteiger partial charge in [0.15, 0.2) is 5.96 Å². The number of hydrogen-bond donors (Lipinski definition) is 8. The van der Waals surface area contributed by atoms with Crippen molar-refractivity contribution in [1.82, 2.24) is 20.5 Å². The molecular weight excluding hydrogens is 548 g/mol. The number of nitrogens with two attached hydrogens (primary N) is 3. The first-order chi connectivity index (χ1) is 20.0. The average Bonchev–Trinajstić information content (AvgIpc) is 3.59. The van der Waals surface area contributed by atoms with Crippen LogP contribution in [0.3, 0.4) is 0 Å². The molecule has 4 atom stereocenters. The normalized spacial score (nSPS) is 16.8. The van der Waals surface area contributed by atoms with Gasteiger partial charge in [0, 0.05) is 36.6 Å². The lowest BCUT2D eigenvalue weighted by atomic mass is 10.0. The van der Waals surface area contributed by atoms with Crippen LogP contribution < -0.4 is 27.8 Å². The molecule has 1 aromatic heterocycles. The average molecular weight is 587 g/mol. The van der Waals surface area contributed by atoms with E-state index in [9.17, 15) is 29.1 Å². The van der Waals surface area contributed by atoms with Crippen molar-refractivity contribution in [1.29, 1.82) is 0 Å². The second-order valence-electron chi connectivity index (χ2n) is 10.2. The van der Waals surface area contributed by atoms with Gasteiger partial charge in [0.2, 0.25) is 17.7 Å². The Balaban J connectivity index is 1.71. The molecule has 2 heterocycles. The van der Waals surface area contributed by atoms with Crippen LogP contribution in [0.1, 0.15) is 44.1 Å². The number of nitrogens with one attached hydrogen (secondary N) is 3. The van der Waals surface area contributed by atoms with Crippen LogP contribution in [0.4, 0.5) is 0 Å². The number of likely N-dealkylation sites (tertiary alicyclic amines) is 1. The number of carboxylic acids is 2. The number of carbonyl (C=O) groups is 5. The smallest absolute Gasteiger partial charge is 0.326 e. The van der Waals surface area contributed by atoms with Crippen LogP contribution in [0, 0.1) is 0 Å². The number of hydrogen-bond acceptors (Lipinski definition) is 7. The number of aliphatic carboxylic acids is 2. The third kappa shape index (κ3) is 8.67. The number of nitrogens with zero attached hydrogens (tertiary/aromatic N) is 2. The van der Waals surface area contributed by atoms with Crippen LogP contribution in [0.25, 0.3) is 10.9 Å². The van der Waals surface area contributed by atoms with Crippen LogP contribution >= 0.6 is 0 Å². The molecule has 3 amide bonds. The van der Waals surface area contributed by atoms with E-state index in [1.165, 1.54) is 4.90 Å². The summed E-state index contributed by atoms with van der Waals surface area (Å²) in [5.41, 5.74) is 18.8. The summed E-state index contributed by atoms with van der Waals surface area (Å²) in [5, 5.41) is 24.3. The number of H-pyrrole nitrogens is 1. The van der Waals surface area contributed by atoms with E-state index >= 15 is 0 Å². The van der Waals surface area contributed by atoms with Gasteiger partial charge in [-0.3, -0.25) is 24.2 Å². The second-order valence-corrected chi connectivity index (χ2v) is 10.2. The summed E-state index contributed by atoms with van der Waals surface area (Å²) >= 11 is 0. The Morgan fingerprint density at radius 3 is 2.50 bits per heavy atom. The topological polar surface area (TPSA) is 259 Å². The van der Waals surface area contributed by atoms with Gasteiger partial charge in [-0.1, -0.05) is 18.2 Å². The predicted molar refractivity (Wildman–Crippen MR) is 153 cm³/mol. The maximum Gasteiger partial charge on any atom is 0.326 e. The first-order valence-corrected chi connectivity index (χ1v) is 13.7. The number of aliphatic imine (C=N–C) groups is 1. The number of guanidine groups is 1. The first kappa shape index (κ1) is 31.9. The molecule has 1 aromatic carbocycles. The third-order valence-electron chi connectivity index (χ3n) is 7.11. The fourth-order valence-electron chi connectivity index (χ4n) is 4.97. The number of rotatable bonds is 15. The maximum atomic E-state index is 13.7. The number of aromatic nitrogens is 1. The number of benzene rings is 1. The van der Waals surface area contributed by atoms with Gasteiger partial charge in [-0.15, -0.1) is 0 Å². The van der Waals surface area contributed by atoms with E-state index in [4.69, 9.17) is 22.3 Å². The van der Waals surface area contributed by atoms with Crippen molar-refractivity contribution < 1.29 is 34.2 Å². The SMILES string of the molecule is NC(N)=NCCCC(NC(=O)C(N)Cc1c[nH]c2ccccc12)C(=O)N1CCCC1C(=O)NC(CCC(=O)O)C(=O)O. The number of carboxylic acid groups (broad SMARTS) is 2. The van der Waals surface area contributed by atoms with Gasteiger partial charge in [0.25, 0.3) is 0 Å². The van der Waals surface area contributed by atoms with E-state index in [0.29, 0.717) is 12.8 Å². The molecule has 4 unspecified atom stereocenters. The molecule has 0 radical (unpaired) electrons. The number of para-hydroxylation sites is 1. The highest BCUT2D eigenvalue weighted by Crippen LogP contribution is 2.21. The molecule has 0 saturated carbocycles. The van der Waals surface area contributed by atoms with Gasteiger partial charge in [0.1, 0.15) is 18.1 Å². The second kappa shape index (κ2) is 14.8. The summed E-state index contributed by atoms with van der Waals surface area (Å²) in [5.74, 6) is -4.48. The molecule has 15 nitrogen and oxygen atoms in total. The van der Waals surface area contributed by atoms with Gasteiger partial charge in [-0.05, 0) is 50.2 Å². The maximum absolute atomic E-state index is 13.7. The van der Waals surface area contributed by atoms with Crippen LogP contribution in [-0.4, -0.2) is 93.0 Å². The van der Waals surface area contributed by atoms with E-state index in [-0.39, 0.29) is 44.7 Å². The van der Waals surface area contributed by atoms with Gasteiger partial charge >= 0.3 is 11.9 Å². The molecule has 1 aliphatic heterocycles. The fourth-order valence-corrected chi connectivity index (χ4v) is 4.97. The van der Waals surface area contributed by atoms with Crippen LogP contribution in [0.5, 0.6) is 0 Å². The van der Waals surface area contributed by atoms with Crippen molar-refractivity contribution in [3.63, 3.8) is 0 Å². The van der Waals surface area contributed by atoms with Crippen LogP contribution in [0.15, 0.2) is 35.5 Å². The molecule has 0 bridgehead atoms. The highest BCUT2D eigenvalue weighted by Gasteiger charge is 2.39. The quantitative estimate of drug-likeness (QED) is 0.0717. The lowest BCUT2D eigenvalue weighted by Gasteiger charge is -2.30. The van der Waals surface area contributed by atoms with Crippen molar-refractivity contribution >= 4 is 46.5 Å². The summed E-state index contributed by atoms with van der Waals surface area (Å²) in [7, 11) is 0. The molecule has 15 heteroatoms. The zero-order chi connectivity index (χ0) is 30.8. The lowest BCUT2D eigenvalue weighted by molar-refractivity contribution is -0.145. The van der Waals surface area contributed by atoms with Crippen molar-refractivity contribution in [3.8, 4) is 0 Å². The van der Waals surface area contributed by atoms with E-state index in [1.54, 1.807) is 6.20 Å². The molecule has 1 fully saturated rings. The Hall–Kier alpha value is -4.66. The lowest BCUT2D eigenvalue weighted by Crippen LogP contribution is -2.57. The van der Waals surface area contributed by atoms with E-state index in [1.807, 2.05) is 24.3 Å². The zero-order valence-corrected chi connectivity index (χ0v) is 23.1. The van der Waals surface area contributed by atoms with Gasteiger partial charge in [0.05, 0.1) is 6.04 Å². The Bertz CT molecular complexity index is 1320. The molecule has 42 heavy (non-hydrogen) atoms.